The summed E-state index contributed by atoms with van der Waals surface area (Å²) in [6.45, 7) is 3.38. The zero-order valence-electron chi connectivity index (χ0n) is 15.8. The zero-order valence-corrected chi connectivity index (χ0v) is 15.8. The fourth-order valence-corrected chi connectivity index (χ4v) is 3.30. The Balaban J connectivity index is 2.15. The predicted molar refractivity (Wildman–Crippen MR) is 98.0 cm³/mol. The third kappa shape index (κ3) is 5.33. The maximum absolute atomic E-state index is 13.1. The number of carbonyl (C=O) groups is 3. The van der Waals surface area contributed by atoms with Crippen LogP contribution in [0.2, 0.25) is 0 Å². The Kier molecular flexibility index (Phi) is 6.66. The molecule has 1 saturated carbocycles. The number of aliphatic hydroxyl groups is 1. The van der Waals surface area contributed by atoms with Crippen molar-refractivity contribution < 1.29 is 19.5 Å². The van der Waals surface area contributed by atoms with E-state index >= 15 is 0 Å². The van der Waals surface area contributed by atoms with Gasteiger partial charge in [-0.05, 0) is 18.8 Å². The van der Waals surface area contributed by atoms with Gasteiger partial charge in [0, 0.05) is 30.8 Å². The number of amides is 3. The van der Waals surface area contributed by atoms with Gasteiger partial charge in [-0.25, -0.2) is 5.84 Å². The van der Waals surface area contributed by atoms with E-state index in [1.165, 1.54) is 9.91 Å². The number of primary amides is 1. The minimum Gasteiger partial charge on any atom is -0.401 e. The maximum Gasteiger partial charge on any atom is 0.247 e. The van der Waals surface area contributed by atoms with Crippen LogP contribution >= 0.6 is 0 Å². The highest BCUT2D eigenvalue weighted by Crippen LogP contribution is 2.34. The number of rotatable bonds is 8. The van der Waals surface area contributed by atoms with Gasteiger partial charge < -0.3 is 31.8 Å². The second kappa shape index (κ2) is 8.57. The van der Waals surface area contributed by atoms with E-state index in [1.54, 1.807) is 6.20 Å². The molecule has 8 N–H and O–H groups in total. The van der Waals surface area contributed by atoms with Crippen molar-refractivity contribution in [3.8, 4) is 0 Å². The SMILES string of the molecule is CC(C)C(C(=O)N1C[C@H](O)C[C@H]1C(=O)NCC(N)=O)N(N)/C=C(\N)C1CC1. The van der Waals surface area contributed by atoms with Crippen LogP contribution in [0, 0.1) is 11.8 Å². The number of likely N-dealkylation sites (tertiary alicyclic amines) is 1. The molecule has 3 amide bonds. The highest BCUT2D eigenvalue weighted by molar-refractivity contribution is 5.92. The van der Waals surface area contributed by atoms with Crippen LogP contribution < -0.4 is 22.6 Å². The first-order valence-electron chi connectivity index (χ1n) is 9.16. The summed E-state index contributed by atoms with van der Waals surface area (Å²) in [7, 11) is 0. The van der Waals surface area contributed by atoms with Crippen LogP contribution in [0.25, 0.3) is 0 Å². The lowest BCUT2D eigenvalue weighted by Gasteiger charge is -2.34. The quantitative estimate of drug-likeness (QED) is 0.238. The molecular weight excluding hydrogens is 352 g/mol. The summed E-state index contributed by atoms with van der Waals surface area (Å²) >= 11 is 0. The first-order valence-corrected chi connectivity index (χ1v) is 9.16. The number of allylic oxidation sites excluding steroid dienone is 1. The Morgan fingerprint density at radius 2 is 1.93 bits per heavy atom. The number of hydrazine groups is 1. The predicted octanol–water partition coefficient (Wildman–Crippen LogP) is -2.04. The molecule has 1 aliphatic carbocycles. The minimum atomic E-state index is -0.883. The summed E-state index contributed by atoms with van der Waals surface area (Å²) in [5.41, 5.74) is 11.7. The molecule has 0 aromatic carbocycles. The molecule has 10 nitrogen and oxygen atoms in total. The molecule has 2 rings (SSSR count). The Hall–Kier alpha value is -2.33. The standard InChI is InChI=1S/C17H30N6O4/c1-9(2)15(23(20)8-12(18)10-3-4-10)17(27)22-7-11(24)5-13(22)16(26)21-6-14(19)25/h8-11,13,15,24H,3-7,18,20H2,1-2H3,(H2,19,25)(H,21,26)/b12-8-/t11-,13+,15?/m1/s1. The molecule has 0 bridgehead atoms. The Labute approximate surface area is 158 Å². The van der Waals surface area contributed by atoms with Gasteiger partial charge in [0.15, 0.2) is 0 Å². The van der Waals surface area contributed by atoms with Crippen molar-refractivity contribution in [1.82, 2.24) is 15.2 Å². The van der Waals surface area contributed by atoms with Crippen LogP contribution in [0.1, 0.15) is 33.1 Å². The topological polar surface area (TPSA) is 168 Å². The molecule has 0 aromatic heterocycles. The lowest BCUT2D eigenvalue weighted by Crippen LogP contribution is -2.56. The lowest BCUT2D eigenvalue weighted by molar-refractivity contribution is -0.143. The number of β-amino-alcohol motifs (C(OH)–C–C–N with tert-alkyl or cyclic N) is 1. The summed E-state index contributed by atoms with van der Waals surface area (Å²) in [5.74, 6) is 4.68. The number of hydrogen-bond acceptors (Lipinski definition) is 7. The number of nitrogens with zero attached hydrogens (tertiary/aromatic N) is 2. The number of hydrogen-bond donors (Lipinski definition) is 5. The van der Waals surface area contributed by atoms with Gasteiger partial charge in [-0.2, -0.15) is 0 Å². The Morgan fingerprint density at radius 3 is 2.44 bits per heavy atom. The van der Waals surface area contributed by atoms with Crippen LogP contribution in [-0.2, 0) is 14.4 Å². The van der Waals surface area contributed by atoms with Crippen molar-refractivity contribution >= 4 is 17.7 Å². The molecule has 1 aliphatic heterocycles. The number of carbonyl (C=O) groups excluding carboxylic acids is 3. The van der Waals surface area contributed by atoms with Crippen molar-refractivity contribution in [2.45, 2.75) is 51.3 Å². The summed E-state index contributed by atoms with van der Waals surface area (Å²) in [5, 5.41) is 13.7. The summed E-state index contributed by atoms with van der Waals surface area (Å²) in [4.78, 5) is 37.7. The van der Waals surface area contributed by atoms with Crippen LogP contribution in [0.4, 0.5) is 0 Å². The van der Waals surface area contributed by atoms with Gasteiger partial charge in [0.25, 0.3) is 0 Å². The minimum absolute atomic E-state index is 0.0202. The van der Waals surface area contributed by atoms with E-state index in [9.17, 15) is 19.5 Å². The molecule has 1 saturated heterocycles. The highest BCUT2D eigenvalue weighted by Gasteiger charge is 2.43. The second-order valence-corrected chi connectivity index (χ2v) is 7.62. The smallest absolute Gasteiger partial charge is 0.247 e. The third-order valence-corrected chi connectivity index (χ3v) is 4.85. The van der Waals surface area contributed by atoms with Crippen molar-refractivity contribution in [3.05, 3.63) is 11.9 Å². The Bertz CT molecular complexity index is 619. The normalized spacial score (nSPS) is 24.0. The fourth-order valence-electron chi connectivity index (χ4n) is 3.30. The molecule has 1 heterocycles. The molecular formula is C17H30N6O4. The fraction of sp³-hybridized carbons (Fsp3) is 0.706. The largest absolute Gasteiger partial charge is 0.401 e. The highest BCUT2D eigenvalue weighted by atomic mass is 16.3. The molecule has 1 unspecified atom stereocenters. The first-order chi connectivity index (χ1) is 12.6. The van der Waals surface area contributed by atoms with Gasteiger partial charge in [0.1, 0.15) is 12.1 Å². The van der Waals surface area contributed by atoms with E-state index in [-0.39, 0.29) is 31.3 Å². The average molecular weight is 382 g/mol. The molecule has 2 fully saturated rings. The van der Waals surface area contributed by atoms with E-state index in [4.69, 9.17) is 17.3 Å². The van der Waals surface area contributed by atoms with Crippen LogP contribution in [0.15, 0.2) is 11.9 Å². The van der Waals surface area contributed by atoms with Crippen LogP contribution in [0.3, 0.4) is 0 Å². The second-order valence-electron chi connectivity index (χ2n) is 7.62. The molecule has 10 heteroatoms. The molecule has 0 spiro atoms. The van der Waals surface area contributed by atoms with Gasteiger partial charge in [-0.3, -0.25) is 14.4 Å². The summed E-state index contributed by atoms with van der Waals surface area (Å²) < 4.78 is 0. The third-order valence-electron chi connectivity index (χ3n) is 4.85. The number of nitrogens with two attached hydrogens (primary N) is 3. The molecule has 27 heavy (non-hydrogen) atoms. The summed E-state index contributed by atoms with van der Waals surface area (Å²) in [6, 6.07) is -1.62. The van der Waals surface area contributed by atoms with E-state index in [1.807, 2.05) is 13.8 Å². The van der Waals surface area contributed by atoms with E-state index < -0.39 is 30.0 Å². The van der Waals surface area contributed by atoms with Crippen LogP contribution in [0.5, 0.6) is 0 Å². The first kappa shape index (κ1) is 21.0. The molecule has 152 valence electrons. The van der Waals surface area contributed by atoms with Crippen LogP contribution in [-0.4, -0.2) is 64.0 Å². The van der Waals surface area contributed by atoms with Gasteiger partial charge >= 0.3 is 0 Å². The van der Waals surface area contributed by atoms with Crippen molar-refractivity contribution in [3.63, 3.8) is 0 Å². The molecule has 0 aromatic rings. The number of nitrogens with one attached hydrogen (secondary N) is 1. The van der Waals surface area contributed by atoms with E-state index in [0.29, 0.717) is 11.6 Å². The molecule has 2 aliphatic rings. The summed E-state index contributed by atoms with van der Waals surface area (Å²) in [6.07, 6.45) is 2.86. The zero-order chi connectivity index (χ0) is 20.3. The van der Waals surface area contributed by atoms with E-state index in [2.05, 4.69) is 5.32 Å². The van der Waals surface area contributed by atoms with Gasteiger partial charge in [-0.1, -0.05) is 13.8 Å². The average Bonchev–Trinajstić information content (AvgIpc) is 3.34. The van der Waals surface area contributed by atoms with Gasteiger partial charge in [0.05, 0.1) is 12.6 Å². The van der Waals surface area contributed by atoms with Crippen molar-refractivity contribution in [2.24, 2.45) is 29.1 Å². The van der Waals surface area contributed by atoms with Gasteiger partial charge in [0.2, 0.25) is 17.7 Å². The van der Waals surface area contributed by atoms with Gasteiger partial charge in [-0.15, -0.1) is 0 Å². The molecule has 0 radical (unpaired) electrons. The number of aliphatic hydroxyl groups excluding tert-OH is 1. The van der Waals surface area contributed by atoms with Crippen molar-refractivity contribution in [1.29, 1.82) is 0 Å². The van der Waals surface area contributed by atoms with E-state index in [0.717, 1.165) is 12.8 Å². The van der Waals surface area contributed by atoms with Crippen molar-refractivity contribution in [2.75, 3.05) is 13.1 Å². The maximum atomic E-state index is 13.1. The Morgan fingerprint density at radius 1 is 1.30 bits per heavy atom. The molecule has 3 atom stereocenters. The lowest BCUT2D eigenvalue weighted by atomic mass is 10.0. The monoisotopic (exact) mass is 382 g/mol.